The zero-order valence-electron chi connectivity index (χ0n) is 5.15. The van der Waals surface area contributed by atoms with E-state index in [1.54, 1.807) is 24.7 Å². The molecule has 0 saturated carbocycles. The predicted molar refractivity (Wildman–Crippen MR) is 36.2 cm³/mol. The van der Waals surface area contributed by atoms with Crippen LogP contribution in [0.25, 0.3) is 10.8 Å². The van der Waals surface area contributed by atoms with Crippen molar-refractivity contribution in [2.45, 2.75) is 0 Å². The number of fused-ring (bicyclic) bond motifs is 1. The van der Waals surface area contributed by atoms with E-state index in [1.165, 1.54) is 0 Å². The van der Waals surface area contributed by atoms with Crippen molar-refractivity contribution >= 4 is 10.8 Å². The summed E-state index contributed by atoms with van der Waals surface area (Å²) in [5.74, 6) is 0. The predicted octanol–water partition coefficient (Wildman–Crippen LogP) is 0.825. The van der Waals surface area contributed by atoms with Crippen molar-refractivity contribution in [3.8, 4) is 0 Å². The summed E-state index contributed by atoms with van der Waals surface area (Å²) in [5.41, 5.74) is 0. The Bertz CT molecular complexity index is 280. The second-order valence-corrected chi connectivity index (χ2v) is 1.93. The van der Waals surface area contributed by atoms with Crippen LogP contribution >= 0.6 is 0 Å². The molecule has 10 heavy (non-hydrogen) atoms. The summed E-state index contributed by atoms with van der Waals surface area (Å²) >= 11 is 0. The van der Waals surface area contributed by atoms with Gasteiger partial charge in [0.05, 0.1) is 18.6 Å². The van der Waals surface area contributed by atoms with Crippen LogP contribution in [0, 0.1) is 6.20 Å². The van der Waals surface area contributed by atoms with Crippen molar-refractivity contribution in [3.63, 3.8) is 0 Å². The van der Waals surface area contributed by atoms with Crippen LogP contribution in [0.2, 0.25) is 0 Å². The lowest BCUT2D eigenvalue weighted by molar-refractivity contribution is 1.05. The third-order valence-electron chi connectivity index (χ3n) is 1.29. The van der Waals surface area contributed by atoms with E-state index in [-0.39, 0.29) is 0 Å². The molecule has 2 aromatic rings. The van der Waals surface area contributed by atoms with E-state index >= 15 is 0 Å². The lowest BCUT2D eigenvalue weighted by Gasteiger charge is -1.89. The molecule has 0 atom stereocenters. The van der Waals surface area contributed by atoms with Gasteiger partial charge in [0.15, 0.2) is 0 Å². The first kappa shape index (κ1) is 5.29. The maximum Gasteiger partial charge on any atom is 0.0893 e. The first-order valence-electron chi connectivity index (χ1n) is 2.89. The number of rotatable bonds is 0. The summed E-state index contributed by atoms with van der Waals surface area (Å²) in [6.45, 7) is 0. The van der Waals surface area contributed by atoms with E-state index in [0.29, 0.717) is 0 Å². The van der Waals surface area contributed by atoms with Gasteiger partial charge in [0.2, 0.25) is 0 Å². The van der Waals surface area contributed by atoms with Crippen LogP contribution in [-0.4, -0.2) is 15.2 Å². The van der Waals surface area contributed by atoms with Crippen LogP contribution in [0.1, 0.15) is 0 Å². The van der Waals surface area contributed by atoms with Crippen LogP contribution in [0.3, 0.4) is 0 Å². The van der Waals surface area contributed by atoms with Crippen molar-refractivity contribution in [1.29, 1.82) is 0 Å². The molecule has 0 aliphatic carbocycles. The van der Waals surface area contributed by atoms with Gasteiger partial charge in [-0.15, -0.1) is 0 Å². The average molecular weight is 130 g/mol. The van der Waals surface area contributed by atoms with E-state index in [4.69, 9.17) is 0 Å². The maximum absolute atomic E-state index is 3.82. The van der Waals surface area contributed by atoms with Crippen molar-refractivity contribution in [1.82, 2.24) is 15.2 Å². The minimum Gasteiger partial charge on any atom is -0.254 e. The Morgan fingerprint density at radius 3 is 2.60 bits per heavy atom. The normalized spacial score (nSPS) is 10.0. The van der Waals surface area contributed by atoms with Crippen molar-refractivity contribution in [3.05, 3.63) is 30.9 Å². The highest BCUT2D eigenvalue weighted by molar-refractivity contribution is 5.78. The van der Waals surface area contributed by atoms with Crippen molar-refractivity contribution in [2.75, 3.05) is 0 Å². The molecule has 47 valence electrons. The van der Waals surface area contributed by atoms with Gasteiger partial charge in [-0.3, -0.25) is 4.98 Å². The topological polar surface area (TPSA) is 38.7 Å². The second-order valence-electron chi connectivity index (χ2n) is 1.93. The molecule has 0 amide bonds. The van der Waals surface area contributed by atoms with Crippen LogP contribution in [0.15, 0.2) is 24.7 Å². The van der Waals surface area contributed by atoms with E-state index in [0.717, 1.165) is 10.8 Å². The molecule has 0 aromatic carbocycles. The highest BCUT2D eigenvalue weighted by atomic mass is 15.1. The standard InChI is InChI=1S/C7H4N3/c1-2-8-3-7-5-10-9-4-6(1)7/h1,3-5H. The molecular formula is C7H4N3. The molecule has 0 saturated heterocycles. The van der Waals surface area contributed by atoms with Gasteiger partial charge in [0, 0.05) is 17.0 Å². The Morgan fingerprint density at radius 1 is 1.00 bits per heavy atom. The first-order valence-corrected chi connectivity index (χ1v) is 2.89. The molecule has 1 radical (unpaired) electrons. The molecule has 0 fully saturated rings. The van der Waals surface area contributed by atoms with Crippen LogP contribution in [0.5, 0.6) is 0 Å². The Morgan fingerprint density at radius 2 is 1.80 bits per heavy atom. The number of nitrogens with zero attached hydrogens (tertiary/aromatic N) is 3. The molecule has 3 nitrogen and oxygen atoms in total. The molecule has 0 unspecified atom stereocenters. The van der Waals surface area contributed by atoms with Crippen LogP contribution < -0.4 is 0 Å². The molecule has 0 aliphatic rings. The van der Waals surface area contributed by atoms with Gasteiger partial charge in [-0.25, -0.2) is 0 Å². The maximum atomic E-state index is 3.82. The molecule has 0 aliphatic heterocycles. The van der Waals surface area contributed by atoms with E-state index in [2.05, 4.69) is 21.4 Å². The molecule has 0 spiro atoms. The van der Waals surface area contributed by atoms with Gasteiger partial charge in [-0.2, -0.15) is 10.2 Å². The third kappa shape index (κ3) is 0.719. The van der Waals surface area contributed by atoms with E-state index in [1.807, 2.05) is 0 Å². The summed E-state index contributed by atoms with van der Waals surface area (Å²) < 4.78 is 0. The quantitative estimate of drug-likeness (QED) is 0.530. The van der Waals surface area contributed by atoms with Gasteiger partial charge >= 0.3 is 0 Å². The van der Waals surface area contributed by atoms with Gasteiger partial charge < -0.3 is 0 Å². The molecule has 0 bridgehead atoms. The Hall–Kier alpha value is -1.51. The van der Waals surface area contributed by atoms with Gasteiger partial charge in [-0.05, 0) is 6.07 Å². The smallest absolute Gasteiger partial charge is 0.0893 e. The molecule has 3 heteroatoms. The van der Waals surface area contributed by atoms with Crippen molar-refractivity contribution in [2.24, 2.45) is 0 Å². The van der Waals surface area contributed by atoms with Gasteiger partial charge in [-0.1, -0.05) is 0 Å². The van der Waals surface area contributed by atoms with E-state index < -0.39 is 0 Å². The average Bonchev–Trinajstić information content (AvgIpc) is 2.05. The third-order valence-corrected chi connectivity index (χ3v) is 1.29. The Balaban J connectivity index is 2.89. The zero-order valence-corrected chi connectivity index (χ0v) is 5.15. The van der Waals surface area contributed by atoms with E-state index in [9.17, 15) is 0 Å². The molecule has 2 rings (SSSR count). The minimum absolute atomic E-state index is 0.994. The summed E-state index contributed by atoms with van der Waals surface area (Å²) in [4.78, 5) is 3.82. The zero-order chi connectivity index (χ0) is 6.81. The first-order chi connectivity index (χ1) is 4.97. The van der Waals surface area contributed by atoms with Gasteiger partial charge in [0.25, 0.3) is 0 Å². The van der Waals surface area contributed by atoms with Crippen LogP contribution in [-0.2, 0) is 0 Å². The monoisotopic (exact) mass is 130 g/mol. The van der Waals surface area contributed by atoms with Crippen molar-refractivity contribution < 1.29 is 0 Å². The Labute approximate surface area is 57.7 Å². The highest BCUT2D eigenvalue weighted by Gasteiger charge is 1.88. The second kappa shape index (κ2) is 2.02. The molecular weight excluding hydrogens is 126 g/mol. The highest BCUT2D eigenvalue weighted by Crippen LogP contribution is 2.05. The lowest BCUT2D eigenvalue weighted by Crippen LogP contribution is -1.80. The van der Waals surface area contributed by atoms with Crippen LogP contribution in [0.4, 0.5) is 0 Å². The number of pyridine rings is 1. The Kier molecular flexibility index (Phi) is 1.07. The summed E-state index contributed by atoms with van der Waals surface area (Å²) in [6, 6.07) is 1.78. The summed E-state index contributed by atoms with van der Waals surface area (Å²) in [5, 5.41) is 9.44. The molecule has 2 heterocycles. The summed E-state index contributed by atoms with van der Waals surface area (Å²) in [6.07, 6.45) is 7.79. The largest absolute Gasteiger partial charge is 0.254 e. The fraction of sp³-hybridized carbons (Fsp3) is 0. The number of aromatic nitrogens is 3. The number of hydrogen-bond donors (Lipinski definition) is 0. The lowest BCUT2D eigenvalue weighted by atomic mass is 10.3. The molecule has 0 N–H and O–H groups in total. The van der Waals surface area contributed by atoms with Gasteiger partial charge in [0.1, 0.15) is 0 Å². The SMILES string of the molecule is [c]1cc2cnncc2cn1. The fourth-order valence-electron chi connectivity index (χ4n) is 0.782. The summed E-state index contributed by atoms with van der Waals surface area (Å²) in [7, 11) is 0. The minimum atomic E-state index is 0.994. The molecule has 2 aromatic heterocycles. The fourth-order valence-corrected chi connectivity index (χ4v) is 0.782. The number of hydrogen-bond acceptors (Lipinski definition) is 3.